The molecule has 0 heterocycles. The second-order valence-corrected chi connectivity index (χ2v) is 1.35. The number of rotatable bonds is 2. The topological polar surface area (TPSA) is 60.2 Å². The van der Waals surface area contributed by atoms with Gasteiger partial charge in [-0.15, -0.1) is 0 Å². The van der Waals surface area contributed by atoms with Crippen LogP contribution < -0.4 is 5.73 Å². The van der Waals surface area contributed by atoms with Crippen LogP contribution >= 0.6 is 0 Å². The Balaban J connectivity index is 3.67. The molecule has 0 aromatic carbocycles. The highest BCUT2D eigenvalue weighted by Gasteiger charge is 1.83. The van der Waals surface area contributed by atoms with Crippen molar-refractivity contribution in [2.45, 2.75) is 6.92 Å². The molecular weight excluding hydrogens is 106 g/mol. The summed E-state index contributed by atoms with van der Waals surface area (Å²) < 4.78 is 0. The van der Waals surface area contributed by atoms with Crippen molar-refractivity contribution >= 4 is 11.7 Å². The molecular formula is C5H7NO2. The lowest BCUT2D eigenvalue weighted by Gasteiger charge is -1.75. The number of hydrogen-bond donors (Lipinski definition) is 1. The standard InChI is InChI=1S/C5H7NO2/c1-4(7)2-3-5(6)8/h2-3H,1H3,(H2,6,8)/b3-2-. The number of ketones is 1. The molecule has 0 rings (SSSR count). The van der Waals surface area contributed by atoms with E-state index in [-0.39, 0.29) is 5.78 Å². The van der Waals surface area contributed by atoms with Gasteiger partial charge in [-0.25, -0.2) is 0 Å². The lowest BCUT2D eigenvalue weighted by molar-refractivity contribution is -0.115. The van der Waals surface area contributed by atoms with Crippen LogP contribution in [0, 0.1) is 0 Å². The maximum Gasteiger partial charge on any atom is 0.241 e. The average Bonchev–Trinajstić information content (AvgIpc) is 1.61. The SMILES string of the molecule is CC(=O)/C=C\C(N)=O. The van der Waals surface area contributed by atoms with Gasteiger partial charge in [-0.1, -0.05) is 0 Å². The number of nitrogens with two attached hydrogens (primary N) is 1. The molecule has 1 amide bonds. The number of allylic oxidation sites excluding steroid dienone is 1. The van der Waals surface area contributed by atoms with Crippen molar-refractivity contribution in [3.05, 3.63) is 12.2 Å². The van der Waals surface area contributed by atoms with E-state index >= 15 is 0 Å². The van der Waals surface area contributed by atoms with Crippen LogP contribution in [0.1, 0.15) is 6.92 Å². The second kappa shape index (κ2) is 2.96. The van der Waals surface area contributed by atoms with Crippen molar-refractivity contribution in [3.8, 4) is 0 Å². The molecule has 0 unspecified atom stereocenters. The van der Waals surface area contributed by atoms with Crippen LogP contribution in [0.25, 0.3) is 0 Å². The number of hydrogen-bond acceptors (Lipinski definition) is 2. The van der Waals surface area contributed by atoms with Gasteiger partial charge < -0.3 is 5.73 Å². The fraction of sp³-hybridized carbons (Fsp3) is 0.200. The van der Waals surface area contributed by atoms with Crippen molar-refractivity contribution < 1.29 is 9.59 Å². The molecule has 0 saturated carbocycles. The van der Waals surface area contributed by atoms with Gasteiger partial charge in [0.05, 0.1) is 0 Å². The first-order valence-corrected chi connectivity index (χ1v) is 2.11. The Morgan fingerprint density at radius 1 is 1.38 bits per heavy atom. The summed E-state index contributed by atoms with van der Waals surface area (Å²) in [6.45, 7) is 1.35. The van der Waals surface area contributed by atoms with Crippen LogP contribution in [-0.2, 0) is 9.59 Å². The number of primary amides is 1. The van der Waals surface area contributed by atoms with Gasteiger partial charge in [0.2, 0.25) is 5.91 Å². The number of amides is 1. The fourth-order valence-electron chi connectivity index (χ4n) is 0.199. The zero-order valence-electron chi connectivity index (χ0n) is 4.55. The Labute approximate surface area is 47.2 Å². The highest BCUT2D eigenvalue weighted by atomic mass is 16.1. The molecule has 0 aromatic rings. The largest absolute Gasteiger partial charge is 0.366 e. The molecule has 0 fully saturated rings. The highest BCUT2D eigenvalue weighted by molar-refractivity contribution is 5.95. The predicted molar refractivity (Wildman–Crippen MR) is 29.0 cm³/mol. The Morgan fingerprint density at radius 2 is 1.88 bits per heavy atom. The van der Waals surface area contributed by atoms with Gasteiger partial charge in [0.15, 0.2) is 5.78 Å². The molecule has 0 aliphatic carbocycles. The quantitative estimate of drug-likeness (QED) is 0.496. The average molecular weight is 113 g/mol. The molecule has 3 nitrogen and oxygen atoms in total. The minimum absolute atomic E-state index is 0.177. The second-order valence-electron chi connectivity index (χ2n) is 1.35. The Hall–Kier alpha value is -1.12. The lowest BCUT2D eigenvalue weighted by atomic mass is 10.4. The van der Waals surface area contributed by atoms with Crippen LogP contribution in [0.2, 0.25) is 0 Å². The molecule has 44 valence electrons. The van der Waals surface area contributed by atoms with E-state index in [0.717, 1.165) is 12.2 Å². The van der Waals surface area contributed by atoms with Crippen LogP contribution in [-0.4, -0.2) is 11.7 Å². The summed E-state index contributed by atoms with van der Waals surface area (Å²) in [5.74, 6) is -0.774. The first-order valence-electron chi connectivity index (χ1n) is 2.11. The summed E-state index contributed by atoms with van der Waals surface area (Å²) in [5, 5.41) is 0. The smallest absolute Gasteiger partial charge is 0.241 e. The molecule has 3 heteroatoms. The van der Waals surface area contributed by atoms with Gasteiger partial charge >= 0.3 is 0 Å². The van der Waals surface area contributed by atoms with Crippen molar-refractivity contribution in [1.29, 1.82) is 0 Å². The summed E-state index contributed by atoms with van der Waals surface area (Å²) in [6, 6.07) is 0. The van der Waals surface area contributed by atoms with E-state index in [1.165, 1.54) is 6.92 Å². The van der Waals surface area contributed by atoms with Crippen LogP contribution in [0.5, 0.6) is 0 Å². The van der Waals surface area contributed by atoms with Gasteiger partial charge in [-0.05, 0) is 13.0 Å². The van der Waals surface area contributed by atoms with E-state index in [1.54, 1.807) is 0 Å². The molecule has 0 aromatic heterocycles. The summed E-state index contributed by atoms with van der Waals surface area (Å²) in [5.41, 5.74) is 4.66. The van der Waals surface area contributed by atoms with Crippen LogP contribution in [0.4, 0.5) is 0 Å². The van der Waals surface area contributed by atoms with Crippen molar-refractivity contribution in [3.63, 3.8) is 0 Å². The van der Waals surface area contributed by atoms with Crippen molar-refractivity contribution in [2.24, 2.45) is 5.73 Å². The third kappa shape index (κ3) is 4.88. The van der Waals surface area contributed by atoms with Gasteiger partial charge in [0.25, 0.3) is 0 Å². The summed E-state index contributed by atoms with van der Waals surface area (Å²) in [7, 11) is 0. The zero-order chi connectivity index (χ0) is 6.57. The Bertz CT molecular complexity index is 121. The maximum atomic E-state index is 10.1. The van der Waals surface area contributed by atoms with E-state index < -0.39 is 5.91 Å². The number of carbonyl (C=O) groups excluding carboxylic acids is 2. The highest BCUT2D eigenvalue weighted by Crippen LogP contribution is 1.71. The van der Waals surface area contributed by atoms with Crippen LogP contribution in [0.15, 0.2) is 12.2 Å². The molecule has 0 aliphatic rings. The van der Waals surface area contributed by atoms with E-state index in [0.29, 0.717) is 0 Å². The van der Waals surface area contributed by atoms with Gasteiger partial charge in [-0.2, -0.15) is 0 Å². The van der Waals surface area contributed by atoms with Gasteiger partial charge in [-0.3, -0.25) is 9.59 Å². The molecule has 0 spiro atoms. The van der Waals surface area contributed by atoms with Crippen molar-refractivity contribution in [2.75, 3.05) is 0 Å². The molecule has 0 aliphatic heterocycles. The van der Waals surface area contributed by atoms with Gasteiger partial charge in [0, 0.05) is 6.08 Å². The third-order valence-corrected chi connectivity index (χ3v) is 0.482. The normalized spacial score (nSPS) is 9.62. The maximum absolute atomic E-state index is 10.1. The fourth-order valence-corrected chi connectivity index (χ4v) is 0.199. The first-order chi connectivity index (χ1) is 3.63. The van der Waals surface area contributed by atoms with E-state index in [1.807, 2.05) is 0 Å². The summed E-state index contributed by atoms with van der Waals surface area (Å²) in [4.78, 5) is 19.9. The molecule has 8 heavy (non-hydrogen) atoms. The summed E-state index contributed by atoms with van der Waals surface area (Å²) in [6.07, 6.45) is 2.16. The van der Waals surface area contributed by atoms with E-state index in [9.17, 15) is 9.59 Å². The minimum atomic E-state index is -0.597. The molecule has 0 saturated heterocycles. The van der Waals surface area contributed by atoms with Gasteiger partial charge in [0.1, 0.15) is 0 Å². The molecule has 0 atom stereocenters. The number of carbonyl (C=O) groups is 2. The van der Waals surface area contributed by atoms with Crippen LogP contribution in [0.3, 0.4) is 0 Å². The molecule has 0 bridgehead atoms. The first kappa shape index (κ1) is 6.88. The van der Waals surface area contributed by atoms with E-state index in [2.05, 4.69) is 5.73 Å². The zero-order valence-corrected chi connectivity index (χ0v) is 4.55. The van der Waals surface area contributed by atoms with Crippen molar-refractivity contribution in [1.82, 2.24) is 0 Å². The van der Waals surface area contributed by atoms with E-state index in [4.69, 9.17) is 0 Å². The minimum Gasteiger partial charge on any atom is -0.366 e. The summed E-state index contributed by atoms with van der Waals surface area (Å²) >= 11 is 0. The Morgan fingerprint density at radius 3 is 2.00 bits per heavy atom. The molecule has 0 radical (unpaired) electrons. The molecule has 2 N–H and O–H groups in total. The third-order valence-electron chi connectivity index (χ3n) is 0.482. The lowest BCUT2D eigenvalue weighted by Crippen LogP contribution is -2.06. The monoisotopic (exact) mass is 113 g/mol. The Kier molecular flexibility index (Phi) is 2.54. The predicted octanol–water partition coefficient (Wildman–Crippen LogP) is -0.383.